The van der Waals surface area contributed by atoms with Crippen LogP contribution in [-0.4, -0.2) is 49.7 Å². The minimum absolute atomic E-state index is 0.543. The Bertz CT molecular complexity index is 644. The molecule has 0 unspecified atom stereocenters. The van der Waals surface area contributed by atoms with Crippen LogP contribution < -0.4 is 14.8 Å². The Kier molecular flexibility index (Phi) is 7.56. The first kappa shape index (κ1) is 18.6. The van der Waals surface area contributed by atoms with Crippen molar-refractivity contribution >= 4 is 5.96 Å². The molecule has 0 aliphatic carbocycles. The van der Waals surface area contributed by atoms with Crippen LogP contribution in [0.2, 0.25) is 0 Å². The number of nitrogens with one attached hydrogen (secondary N) is 1. The maximum absolute atomic E-state index is 5.62. The van der Waals surface area contributed by atoms with Gasteiger partial charge >= 0.3 is 0 Å². The van der Waals surface area contributed by atoms with Crippen molar-refractivity contribution in [2.45, 2.75) is 13.5 Å². The van der Waals surface area contributed by atoms with Crippen molar-refractivity contribution in [3.63, 3.8) is 0 Å². The zero-order valence-corrected chi connectivity index (χ0v) is 15.1. The minimum Gasteiger partial charge on any atom is -0.494 e. The van der Waals surface area contributed by atoms with Gasteiger partial charge < -0.3 is 19.7 Å². The van der Waals surface area contributed by atoms with E-state index < -0.39 is 0 Å². The number of aliphatic imine (C=N–C) groups is 1. The number of guanidine groups is 1. The van der Waals surface area contributed by atoms with Crippen LogP contribution in [0.5, 0.6) is 11.5 Å². The van der Waals surface area contributed by atoms with E-state index in [2.05, 4.69) is 32.3 Å². The molecule has 0 spiro atoms. The molecule has 2 rings (SSSR count). The highest BCUT2D eigenvalue weighted by atomic mass is 16.5. The number of ether oxygens (including phenoxy) is 2. The van der Waals surface area contributed by atoms with Crippen molar-refractivity contribution in [1.29, 1.82) is 0 Å². The molecule has 0 saturated carbocycles. The summed E-state index contributed by atoms with van der Waals surface area (Å²) in [7, 11) is 3.78. The fourth-order valence-electron chi connectivity index (χ4n) is 2.36. The summed E-state index contributed by atoms with van der Waals surface area (Å²) in [4.78, 5) is 10.4. The van der Waals surface area contributed by atoms with Crippen molar-refractivity contribution < 1.29 is 9.47 Å². The Labute approximate surface area is 149 Å². The molecule has 0 aliphatic rings. The lowest BCUT2D eigenvalue weighted by Crippen LogP contribution is -2.40. The molecule has 25 heavy (non-hydrogen) atoms. The Balaban J connectivity index is 1.77. The number of rotatable bonds is 8. The summed E-state index contributed by atoms with van der Waals surface area (Å²) < 4.78 is 11.1. The normalized spacial score (nSPS) is 11.1. The van der Waals surface area contributed by atoms with E-state index in [1.54, 1.807) is 19.4 Å². The molecule has 2 aromatic rings. The molecule has 0 amide bonds. The van der Waals surface area contributed by atoms with Gasteiger partial charge in [0.15, 0.2) is 5.96 Å². The molecule has 1 aromatic heterocycles. The standard InChI is InChI=1S/C19H26N4O2/c1-4-24-17-9-7-16(8-10-17)15-23(3)19(20-2)22-12-13-25-18-6-5-11-21-14-18/h5-11,14H,4,12-13,15H2,1-3H3,(H,20,22). The van der Waals surface area contributed by atoms with Gasteiger partial charge in [-0.25, -0.2) is 0 Å². The SMILES string of the molecule is CCOc1ccc(CN(C)C(=NC)NCCOc2cccnc2)cc1. The number of pyridine rings is 1. The van der Waals surface area contributed by atoms with Gasteiger partial charge in [0.2, 0.25) is 0 Å². The van der Waals surface area contributed by atoms with E-state index in [1.807, 2.05) is 38.2 Å². The molecule has 6 heteroatoms. The van der Waals surface area contributed by atoms with Gasteiger partial charge in [-0.15, -0.1) is 0 Å². The summed E-state index contributed by atoms with van der Waals surface area (Å²) in [6, 6.07) is 11.9. The van der Waals surface area contributed by atoms with Crippen LogP contribution in [0.4, 0.5) is 0 Å². The van der Waals surface area contributed by atoms with Gasteiger partial charge in [0.05, 0.1) is 19.3 Å². The predicted octanol–water partition coefficient (Wildman–Crippen LogP) is 2.57. The van der Waals surface area contributed by atoms with Gasteiger partial charge in [-0.1, -0.05) is 12.1 Å². The van der Waals surface area contributed by atoms with Crippen LogP contribution >= 0.6 is 0 Å². The van der Waals surface area contributed by atoms with E-state index in [4.69, 9.17) is 9.47 Å². The maximum Gasteiger partial charge on any atom is 0.193 e. The van der Waals surface area contributed by atoms with E-state index in [1.165, 1.54) is 5.56 Å². The summed E-state index contributed by atoms with van der Waals surface area (Å²) in [5, 5.41) is 3.30. The van der Waals surface area contributed by atoms with Crippen LogP contribution in [0.25, 0.3) is 0 Å². The lowest BCUT2D eigenvalue weighted by Gasteiger charge is -2.22. The molecular weight excluding hydrogens is 316 g/mol. The minimum atomic E-state index is 0.543. The Morgan fingerprint density at radius 2 is 1.96 bits per heavy atom. The highest BCUT2D eigenvalue weighted by Crippen LogP contribution is 2.13. The van der Waals surface area contributed by atoms with Crippen LogP contribution in [0, 0.1) is 0 Å². The zero-order valence-electron chi connectivity index (χ0n) is 15.1. The molecule has 1 heterocycles. The first-order valence-corrected chi connectivity index (χ1v) is 8.39. The average Bonchev–Trinajstić information content (AvgIpc) is 2.64. The molecular formula is C19H26N4O2. The first-order chi connectivity index (χ1) is 12.2. The largest absolute Gasteiger partial charge is 0.494 e. The van der Waals surface area contributed by atoms with Crippen molar-refractivity contribution in [3.05, 3.63) is 54.4 Å². The Morgan fingerprint density at radius 3 is 2.60 bits per heavy atom. The van der Waals surface area contributed by atoms with Crippen molar-refractivity contribution in [2.75, 3.05) is 33.9 Å². The van der Waals surface area contributed by atoms with Crippen LogP contribution in [-0.2, 0) is 6.54 Å². The third kappa shape index (κ3) is 6.33. The smallest absolute Gasteiger partial charge is 0.193 e. The summed E-state index contributed by atoms with van der Waals surface area (Å²) >= 11 is 0. The van der Waals surface area contributed by atoms with Gasteiger partial charge in [0.1, 0.15) is 18.1 Å². The second-order valence-electron chi connectivity index (χ2n) is 5.44. The second-order valence-corrected chi connectivity index (χ2v) is 5.44. The quantitative estimate of drug-likeness (QED) is 0.454. The predicted molar refractivity (Wildman–Crippen MR) is 100 cm³/mol. The molecule has 0 atom stereocenters. The third-order valence-corrected chi connectivity index (χ3v) is 3.52. The maximum atomic E-state index is 5.62. The first-order valence-electron chi connectivity index (χ1n) is 8.39. The molecule has 1 N–H and O–H groups in total. The summed E-state index contributed by atoms with van der Waals surface area (Å²) in [5.74, 6) is 2.48. The molecule has 1 aromatic carbocycles. The fourth-order valence-corrected chi connectivity index (χ4v) is 2.36. The van der Waals surface area contributed by atoms with Crippen molar-refractivity contribution in [3.8, 4) is 11.5 Å². The molecule has 134 valence electrons. The summed E-state index contributed by atoms with van der Waals surface area (Å²) in [5.41, 5.74) is 1.19. The number of hydrogen-bond acceptors (Lipinski definition) is 4. The molecule has 0 aliphatic heterocycles. The second kappa shape index (κ2) is 10.2. The monoisotopic (exact) mass is 342 g/mol. The van der Waals surface area contributed by atoms with Gasteiger partial charge in [-0.05, 0) is 36.8 Å². The fraction of sp³-hybridized carbons (Fsp3) is 0.368. The van der Waals surface area contributed by atoms with E-state index in [0.29, 0.717) is 19.8 Å². The van der Waals surface area contributed by atoms with E-state index >= 15 is 0 Å². The Hall–Kier alpha value is -2.76. The zero-order chi connectivity index (χ0) is 17.9. The highest BCUT2D eigenvalue weighted by Gasteiger charge is 2.06. The van der Waals surface area contributed by atoms with Gasteiger partial charge in [0, 0.05) is 26.8 Å². The number of aromatic nitrogens is 1. The van der Waals surface area contributed by atoms with Crippen LogP contribution in [0.1, 0.15) is 12.5 Å². The number of nitrogens with zero attached hydrogens (tertiary/aromatic N) is 3. The Morgan fingerprint density at radius 1 is 1.16 bits per heavy atom. The number of benzene rings is 1. The lowest BCUT2D eigenvalue weighted by molar-refractivity contribution is 0.318. The summed E-state index contributed by atoms with van der Waals surface area (Å²) in [6.07, 6.45) is 3.43. The van der Waals surface area contributed by atoms with Gasteiger partial charge in [-0.3, -0.25) is 9.98 Å². The van der Waals surface area contributed by atoms with Crippen molar-refractivity contribution in [1.82, 2.24) is 15.2 Å². The molecule has 0 radical (unpaired) electrons. The average molecular weight is 342 g/mol. The highest BCUT2D eigenvalue weighted by molar-refractivity contribution is 5.79. The van der Waals surface area contributed by atoms with Crippen molar-refractivity contribution in [2.24, 2.45) is 4.99 Å². The van der Waals surface area contributed by atoms with E-state index in [0.717, 1.165) is 24.0 Å². The topological polar surface area (TPSA) is 59.0 Å². The van der Waals surface area contributed by atoms with Crippen LogP contribution in [0.15, 0.2) is 53.8 Å². The molecule has 0 fully saturated rings. The van der Waals surface area contributed by atoms with E-state index in [9.17, 15) is 0 Å². The molecule has 0 saturated heterocycles. The molecule has 6 nitrogen and oxygen atoms in total. The van der Waals surface area contributed by atoms with E-state index in [-0.39, 0.29) is 0 Å². The summed E-state index contributed by atoms with van der Waals surface area (Å²) in [6.45, 7) is 4.62. The number of hydrogen-bond donors (Lipinski definition) is 1. The van der Waals surface area contributed by atoms with Crippen LogP contribution in [0.3, 0.4) is 0 Å². The van der Waals surface area contributed by atoms with Gasteiger partial charge in [-0.2, -0.15) is 0 Å². The lowest BCUT2D eigenvalue weighted by atomic mass is 10.2. The van der Waals surface area contributed by atoms with Gasteiger partial charge in [0.25, 0.3) is 0 Å². The molecule has 0 bridgehead atoms. The third-order valence-electron chi connectivity index (χ3n) is 3.52.